The number of aliphatic hydroxyl groups excluding tert-OH is 1. The number of phenolic OH excluding ortho intramolecular Hbond substituents is 1. The standard InChI is InChI=1S/C12H19NO2/c1-9(8-14)12(13(2)3)10-5-4-6-11(15)7-10/h4-7,9,12,14-15H,8H2,1-3H3. The van der Waals surface area contributed by atoms with Crippen LogP contribution in [0.5, 0.6) is 5.75 Å². The summed E-state index contributed by atoms with van der Waals surface area (Å²) in [5.74, 6) is 0.409. The van der Waals surface area contributed by atoms with Crippen molar-refractivity contribution in [2.24, 2.45) is 5.92 Å². The zero-order valence-corrected chi connectivity index (χ0v) is 9.51. The number of aromatic hydroxyl groups is 1. The van der Waals surface area contributed by atoms with Gasteiger partial charge in [0.2, 0.25) is 0 Å². The van der Waals surface area contributed by atoms with Crippen molar-refractivity contribution in [1.82, 2.24) is 4.90 Å². The van der Waals surface area contributed by atoms with E-state index in [4.69, 9.17) is 0 Å². The van der Waals surface area contributed by atoms with Gasteiger partial charge in [-0.1, -0.05) is 19.1 Å². The van der Waals surface area contributed by atoms with Gasteiger partial charge in [0.1, 0.15) is 5.75 Å². The molecule has 0 fully saturated rings. The summed E-state index contributed by atoms with van der Waals surface area (Å²) >= 11 is 0. The van der Waals surface area contributed by atoms with Crippen LogP contribution in [0.3, 0.4) is 0 Å². The fraction of sp³-hybridized carbons (Fsp3) is 0.500. The molecule has 3 heteroatoms. The van der Waals surface area contributed by atoms with Gasteiger partial charge in [-0.15, -0.1) is 0 Å². The minimum atomic E-state index is 0.127. The van der Waals surface area contributed by atoms with Crippen LogP contribution in [0, 0.1) is 5.92 Å². The fourth-order valence-electron chi connectivity index (χ4n) is 1.94. The third-order valence-corrected chi connectivity index (χ3v) is 2.60. The number of phenols is 1. The molecule has 0 aliphatic carbocycles. The molecule has 1 aromatic carbocycles. The molecule has 0 saturated carbocycles. The van der Waals surface area contributed by atoms with Crippen LogP contribution in [0.25, 0.3) is 0 Å². The molecule has 84 valence electrons. The van der Waals surface area contributed by atoms with E-state index in [9.17, 15) is 10.2 Å². The lowest BCUT2D eigenvalue weighted by Crippen LogP contribution is -2.27. The van der Waals surface area contributed by atoms with E-state index in [-0.39, 0.29) is 24.3 Å². The zero-order chi connectivity index (χ0) is 11.4. The maximum atomic E-state index is 9.42. The summed E-state index contributed by atoms with van der Waals surface area (Å²) in [6.07, 6.45) is 0. The molecule has 0 saturated heterocycles. The Morgan fingerprint density at radius 3 is 2.47 bits per heavy atom. The number of rotatable bonds is 4. The number of nitrogens with zero attached hydrogens (tertiary/aromatic N) is 1. The Morgan fingerprint density at radius 1 is 1.33 bits per heavy atom. The average molecular weight is 209 g/mol. The first kappa shape index (κ1) is 12.0. The predicted molar refractivity (Wildman–Crippen MR) is 60.8 cm³/mol. The smallest absolute Gasteiger partial charge is 0.115 e. The number of hydrogen-bond acceptors (Lipinski definition) is 3. The second kappa shape index (κ2) is 5.14. The van der Waals surface area contributed by atoms with Crippen molar-refractivity contribution in [3.8, 4) is 5.75 Å². The van der Waals surface area contributed by atoms with Crippen LogP contribution in [0.15, 0.2) is 24.3 Å². The molecular formula is C12H19NO2. The summed E-state index contributed by atoms with van der Waals surface area (Å²) in [7, 11) is 3.95. The van der Waals surface area contributed by atoms with Gasteiger partial charge in [-0.2, -0.15) is 0 Å². The molecule has 2 N–H and O–H groups in total. The summed E-state index contributed by atoms with van der Waals surface area (Å²) in [5, 5.41) is 18.6. The molecule has 2 atom stereocenters. The molecule has 2 unspecified atom stereocenters. The van der Waals surface area contributed by atoms with Crippen molar-refractivity contribution in [3.05, 3.63) is 29.8 Å². The van der Waals surface area contributed by atoms with E-state index in [1.807, 2.05) is 33.2 Å². The van der Waals surface area contributed by atoms with Gasteiger partial charge < -0.3 is 15.1 Å². The van der Waals surface area contributed by atoms with Gasteiger partial charge in [0.25, 0.3) is 0 Å². The normalized spacial score (nSPS) is 15.3. The molecule has 15 heavy (non-hydrogen) atoms. The molecule has 0 aliphatic rings. The first-order valence-corrected chi connectivity index (χ1v) is 5.12. The van der Waals surface area contributed by atoms with Crippen molar-refractivity contribution in [2.75, 3.05) is 20.7 Å². The molecule has 1 aromatic rings. The Hall–Kier alpha value is -1.06. The van der Waals surface area contributed by atoms with Gasteiger partial charge in [-0.3, -0.25) is 0 Å². The van der Waals surface area contributed by atoms with E-state index in [1.54, 1.807) is 12.1 Å². The first-order valence-electron chi connectivity index (χ1n) is 5.12. The van der Waals surface area contributed by atoms with E-state index in [0.717, 1.165) is 5.56 Å². The third-order valence-electron chi connectivity index (χ3n) is 2.60. The Bertz CT molecular complexity index is 312. The maximum absolute atomic E-state index is 9.42. The Morgan fingerprint density at radius 2 is 2.00 bits per heavy atom. The van der Waals surface area contributed by atoms with Gasteiger partial charge in [-0.05, 0) is 37.7 Å². The molecule has 0 aromatic heterocycles. The second-order valence-corrected chi connectivity index (χ2v) is 4.16. The Labute approximate surface area is 91.0 Å². The van der Waals surface area contributed by atoms with E-state index < -0.39 is 0 Å². The van der Waals surface area contributed by atoms with Gasteiger partial charge in [0, 0.05) is 12.6 Å². The molecule has 0 radical (unpaired) electrons. The minimum absolute atomic E-state index is 0.127. The van der Waals surface area contributed by atoms with Crippen LogP contribution in [0.4, 0.5) is 0 Å². The lowest BCUT2D eigenvalue weighted by atomic mass is 9.94. The van der Waals surface area contributed by atoms with Crippen LogP contribution in [-0.4, -0.2) is 35.8 Å². The quantitative estimate of drug-likeness (QED) is 0.792. The highest BCUT2D eigenvalue weighted by atomic mass is 16.3. The van der Waals surface area contributed by atoms with Crippen molar-refractivity contribution < 1.29 is 10.2 Å². The monoisotopic (exact) mass is 209 g/mol. The highest BCUT2D eigenvalue weighted by molar-refractivity contribution is 5.29. The molecule has 3 nitrogen and oxygen atoms in total. The van der Waals surface area contributed by atoms with Gasteiger partial charge in [-0.25, -0.2) is 0 Å². The fourth-order valence-corrected chi connectivity index (χ4v) is 1.94. The van der Waals surface area contributed by atoms with E-state index in [2.05, 4.69) is 4.90 Å². The Kier molecular flexibility index (Phi) is 4.12. The molecule has 0 amide bonds. The van der Waals surface area contributed by atoms with Crippen molar-refractivity contribution >= 4 is 0 Å². The van der Waals surface area contributed by atoms with E-state index >= 15 is 0 Å². The van der Waals surface area contributed by atoms with Crippen LogP contribution < -0.4 is 0 Å². The average Bonchev–Trinajstić information content (AvgIpc) is 2.17. The van der Waals surface area contributed by atoms with Gasteiger partial charge in [0.05, 0.1) is 0 Å². The van der Waals surface area contributed by atoms with E-state index in [1.165, 1.54) is 0 Å². The number of aliphatic hydroxyl groups is 1. The van der Waals surface area contributed by atoms with Crippen molar-refractivity contribution in [2.45, 2.75) is 13.0 Å². The number of hydrogen-bond donors (Lipinski definition) is 2. The highest BCUT2D eigenvalue weighted by Crippen LogP contribution is 2.28. The third kappa shape index (κ3) is 2.94. The predicted octanol–water partition coefficient (Wildman–Crippen LogP) is 1.62. The maximum Gasteiger partial charge on any atom is 0.115 e. The summed E-state index contributed by atoms with van der Waals surface area (Å²) < 4.78 is 0. The highest BCUT2D eigenvalue weighted by Gasteiger charge is 2.20. The number of benzene rings is 1. The summed E-state index contributed by atoms with van der Waals surface area (Å²) in [4.78, 5) is 2.05. The molecule has 0 spiro atoms. The molecule has 0 bridgehead atoms. The zero-order valence-electron chi connectivity index (χ0n) is 9.51. The van der Waals surface area contributed by atoms with Crippen LogP contribution in [-0.2, 0) is 0 Å². The summed E-state index contributed by atoms with van der Waals surface area (Å²) in [6, 6.07) is 7.32. The lowest BCUT2D eigenvalue weighted by molar-refractivity contribution is 0.145. The van der Waals surface area contributed by atoms with Gasteiger partial charge >= 0.3 is 0 Å². The summed E-state index contributed by atoms with van der Waals surface area (Å²) in [5.41, 5.74) is 1.03. The largest absolute Gasteiger partial charge is 0.508 e. The van der Waals surface area contributed by atoms with E-state index in [0.29, 0.717) is 0 Å². The molecule has 0 heterocycles. The molecule has 1 rings (SSSR count). The second-order valence-electron chi connectivity index (χ2n) is 4.16. The van der Waals surface area contributed by atoms with Crippen LogP contribution >= 0.6 is 0 Å². The van der Waals surface area contributed by atoms with Gasteiger partial charge in [0.15, 0.2) is 0 Å². The van der Waals surface area contributed by atoms with Crippen molar-refractivity contribution in [3.63, 3.8) is 0 Å². The first-order chi connectivity index (χ1) is 7.06. The van der Waals surface area contributed by atoms with Crippen molar-refractivity contribution in [1.29, 1.82) is 0 Å². The Balaban J connectivity index is 2.99. The van der Waals surface area contributed by atoms with Crippen LogP contribution in [0.2, 0.25) is 0 Å². The molecule has 0 aliphatic heterocycles. The molecular weight excluding hydrogens is 190 g/mol. The SMILES string of the molecule is CC(CO)C(c1cccc(O)c1)N(C)C. The minimum Gasteiger partial charge on any atom is -0.508 e. The topological polar surface area (TPSA) is 43.7 Å². The van der Waals surface area contributed by atoms with Crippen LogP contribution in [0.1, 0.15) is 18.5 Å². The summed E-state index contributed by atoms with van der Waals surface area (Å²) in [6.45, 7) is 2.13. The lowest BCUT2D eigenvalue weighted by Gasteiger charge is -2.29.